The fourth-order valence-electron chi connectivity index (χ4n) is 9.05. The molecule has 6 nitrogen and oxygen atoms in total. The van der Waals surface area contributed by atoms with Crippen molar-refractivity contribution in [1.82, 2.24) is 0 Å². The van der Waals surface area contributed by atoms with Gasteiger partial charge >= 0.3 is 11.9 Å². The van der Waals surface area contributed by atoms with Gasteiger partial charge in [0.2, 0.25) is 0 Å². The zero-order chi connectivity index (χ0) is 25.1. The maximum atomic E-state index is 13.8. The second kappa shape index (κ2) is 7.08. The Kier molecular flexibility index (Phi) is 5.14. The van der Waals surface area contributed by atoms with Crippen LogP contribution in [0.3, 0.4) is 0 Å². The Labute approximate surface area is 206 Å². The summed E-state index contributed by atoms with van der Waals surface area (Å²) in [6.07, 6.45) is 4.60. The highest BCUT2D eigenvalue weighted by molar-refractivity contribution is 6.70. The smallest absolute Gasteiger partial charge is 0.312 e. The van der Waals surface area contributed by atoms with Crippen molar-refractivity contribution in [3.05, 3.63) is 12.2 Å². The average molecular weight is 507 g/mol. The maximum absolute atomic E-state index is 13.8. The van der Waals surface area contributed by atoms with E-state index in [9.17, 15) is 9.59 Å². The molecule has 1 aliphatic heterocycles. The third-order valence-corrected chi connectivity index (χ3v) is 11.6. The van der Waals surface area contributed by atoms with Gasteiger partial charge in [0.15, 0.2) is 16.6 Å². The molecule has 5 fully saturated rings. The summed E-state index contributed by atoms with van der Waals surface area (Å²) in [4.78, 5) is 27.1. The molecule has 1 spiro atoms. The normalized spacial score (nSPS) is 47.3. The first-order valence-electron chi connectivity index (χ1n) is 12.9. The van der Waals surface area contributed by atoms with Crippen LogP contribution < -0.4 is 0 Å². The lowest BCUT2D eigenvalue weighted by Crippen LogP contribution is -2.53. The zero-order valence-corrected chi connectivity index (χ0v) is 24.2. The number of methoxy groups -OCH3 is 1. The van der Waals surface area contributed by atoms with Gasteiger partial charge in [0.25, 0.3) is 0 Å². The molecule has 34 heavy (non-hydrogen) atoms. The van der Waals surface area contributed by atoms with E-state index in [2.05, 4.69) is 45.9 Å². The molecule has 0 aromatic rings. The number of fused-ring (bicyclic) bond motifs is 1. The molecule has 8 atom stereocenters. The Hall–Kier alpha value is -0.966. The van der Waals surface area contributed by atoms with E-state index in [-0.39, 0.29) is 29.9 Å². The first-order chi connectivity index (χ1) is 15.6. The van der Waals surface area contributed by atoms with Crippen LogP contribution >= 0.6 is 0 Å². The highest BCUT2D eigenvalue weighted by Crippen LogP contribution is 2.79. The van der Waals surface area contributed by atoms with Crippen LogP contribution in [0.2, 0.25) is 39.3 Å². The van der Waals surface area contributed by atoms with E-state index in [1.54, 1.807) is 0 Å². The molecule has 0 aromatic carbocycles. The van der Waals surface area contributed by atoms with Crippen molar-refractivity contribution in [1.29, 1.82) is 0 Å². The molecule has 8 heteroatoms. The molecule has 5 aliphatic rings. The number of carbonyl (C=O) groups is 2. The van der Waals surface area contributed by atoms with Gasteiger partial charge < -0.3 is 18.3 Å². The van der Waals surface area contributed by atoms with Gasteiger partial charge in [-0.3, -0.25) is 9.59 Å². The van der Waals surface area contributed by atoms with Crippen molar-refractivity contribution in [2.75, 3.05) is 7.11 Å². The van der Waals surface area contributed by atoms with Crippen LogP contribution in [-0.2, 0) is 27.9 Å². The number of hydrogen-bond donors (Lipinski definition) is 0. The summed E-state index contributed by atoms with van der Waals surface area (Å²) in [7, 11) is -2.49. The van der Waals surface area contributed by atoms with E-state index in [0.29, 0.717) is 6.42 Å². The van der Waals surface area contributed by atoms with Gasteiger partial charge in [0, 0.05) is 17.3 Å². The van der Waals surface area contributed by atoms with Crippen LogP contribution in [0.15, 0.2) is 12.2 Å². The minimum absolute atomic E-state index is 0.0409. The summed E-state index contributed by atoms with van der Waals surface area (Å²) >= 11 is 0. The van der Waals surface area contributed by atoms with Crippen molar-refractivity contribution in [2.45, 2.75) is 102 Å². The van der Waals surface area contributed by atoms with Crippen LogP contribution in [0.25, 0.3) is 0 Å². The monoisotopic (exact) mass is 506 g/mol. The molecular weight excluding hydrogens is 464 g/mol. The van der Waals surface area contributed by atoms with E-state index < -0.39 is 44.6 Å². The molecule has 4 aliphatic carbocycles. The second-order valence-electron chi connectivity index (χ2n) is 13.8. The summed E-state index contributed by atoms with van der Waals surface area (Å²) in [5, 5.41) is 0. The van der Waals surface area contributed by atoms with Gasteiger partial charge in [-0.2, -0.15) is 0 Å². The standard InChI is InChI=1S/C26H42O6Si2/c1-16-20(31-33(4,5)6)25-15-24(16,32-34(7,8)9)14-11-17(25)26-13-10-12-23(2,22(28)30-26)19(26)18(25)21(27)29-3/h17-20H,1,10-15H2,2-9H3/t17?,18?,19?,20-,23?,24+,25-,26-/m1/s1. The lowest BCUT2D eigenvalue weighted by molar-refractivity contribution is -0.167. The SMILES string of the molecule is C=C1[C@@H](O[Si](C)(C)C)[C@]23C[C@@]1(O[Si](C)(C)C)CCC2[C@@]12CCCC(C)(C(=O)O1)C2C3C(=O)OC. The number of carbonyl (C=O) groups excluding carboxylic acids is 2. The Morgan fingerprint density at radius 2 is 1.76 bits per heavy atom. The molecule has 5 rings (SSSR count). The minimum atomic E-state index is -2.02. The Morgan fingerprint density at radius 1 is 1.09 bits per heavy atom. The van der Waals surface area contributed by atoms with Crippen molar-refractivity contribution in [3.8, 4) is 0 Å². The zero-order valence-electron chi connectivity index (χ0n) is 22.2. The van der Waals surface area contributed by atoms with Crippen LogP contribution in [0.5, 0.6) is 0 Å². The third-order valence-electron chi connectivity index (χ3n) is 9.62. The van der Waals surface area contributed by atoms with Crippen LogP contribution in [-0.4, -0.2) is 53.0 Å². The van der Waals surface area contributed by atoms with Gasteiger partial charge in [-0.25, -0.2) is 0 Å². The van der Waals surface area contributed by atoms with E-state index in [0.717, 1.165) is 37.7 Å². The van der Waals surface area contributed by atoms with Crippen molar-refractivity contribution in [3.63, 3.8) is 0 Å². The fourth-order valence-corrected chi connectivity index (χ4v) is 11.6. The largest absolute Gasteiger partial charge is 0.469 e. The fraction of sp³-hybridized carbons (Fsp3) is 0.846. The van der Waals surface area contributed by atoms with Gasteiger partial charge in [0.1, 0.15) is 5.60 Å². The van der Waals surface area contributed by atoms with Crippen molar-refractivity contribution in [2.24, 2.45) is 28.6 Å². The molecular formula is C26H42O6Si2. The second-order valence-corrected chi connectivity index (χ2v) is 22.7. The number of ether oxygens (including phenoxy) is 2. The summed E-state index contributed by atoms with van der Waals surface area (Å²) in [5.74, 6) is -0.983. The van der Waals surface area contributed by atoms with E-state index in [4.69, 9.17) is 18.3 Å². The molecule has 190 valence electrons. The molecule has 4 unspecified atom stereocenters. The third kappa shape index (κ3) is 2.97. The molecule has 4 saturated carbocycles. The van der Waals surface area contributed by atoms with Crippen molar-refractivity contribution < 1.29 is 27.9 Å². The number of rotatable bonds is 5. The Bertz CT molecular complexity index is 952. The highest BCUT2D eigenvalue weighted by atomic mass is 28.4. The molecule has 1 saturated heterocycles. The molecule has 0 amide bonds. The molecule has 0 N–H and O–H groups in total. The minimum Gasteiger partial charge on any atom is -0.469 e. The van der Waals surface area contributed by atoms with Crippen LogP contribution in [0.1, 0.15) is 45.4 Å². The van der Waals surface area contributed by atoms with Crippen molar-refractivity contribution >= 4 is 28.6 Å². The van der Waals surface area contributed by atoms with Crippen LogP contribution in [0, 0.1) is 28.6 Å². The molecule has 1 heterocycles. The van der Waals surface area contributed by atoms with E-state index >= 15 is 0 Å². The van der Waals surface area contributed by atoms with Gasteiger partial charge in [0.05, 0.1) is 30.1 Å². The average Bonchev–Trinajstić information content (AvgIpc) is 3.09. The summed E-state index contributed by atoms with van der Waals surface area (Å²) in [6, 6.07) is 0. The summed E-state index contributed by atoms with van der Waals surface area (Å²) < 4.78 is 25.9. The highest BCUT2D eigenvalue weighted by Gasteiger charge is 2.85. The molecule has 0 aromatic heterocycles. The predicted molar refractivity (Wildman–Crippen MR) is 134 cm³/mol. The van der Waals surface area contributed by atoms with Gasteiger partial charge in [-0.1, -0.05) is 6.58 Å². The number of esters is 2. The summed E-state index contributed by atoms with van der Waals surface area (Å²) in [6.45, 7) is 19.9. The van der Waals surface area contributed by atoms with Crippen LogP contribution in [0.4, 0.5) is 0 Å². The Balaban J connectivity index is 1.75. The first kappa shape index (κ1) is 24.7. The first-order valence-corrected chi connectivity index (χ1v) is 19.8. The van der Waals surface area contributed by atoms with Gasteiger partial charge in [-0.15, -0.1) is 0 Å². The quantitative estimate of drug-likeness (QED) is 0.295. The predicted octanol–water partition coefficient (Wildman–Crippen LogP) is 5.06. The summed E-state index contributed by atoms with van der Waals surface area (Å²) in [5.41, 5.74) is -1.32. The lowest BCUT2D eigenvalue weighted by Gasteiger charge is -2.49. The number of hydrogen-bond acceptors (Lipinski definition) is 6. The molecule has 0 radical (unpaired) electrons. The maximum Gasteiger partial charge on any atom is 0.312 e. The Morgan fingerprint density at radius 3 is 2.35 bits per heavy atom. The topological polar surface area (TPSA) is 71.1 Å². The van der Waals surface area contributed by atoms with E-state index in [1.165, 1.54) is 7.11 Å². The lowest BCUT2D eigenvalue weighted by atomic mass is 9.60. The van der Waals surface area contributed by atoms with Gasteiger partial charge in [-0.05, 0) is 90.3 Å². The molecule has 4 bridgehead atoms. The van der Waals surface area contributed by atoms with E-state index in [1.807, 2.05) is 6.92 Å².